The van der Waals surface area contributed by atoms with Crippen LogP contribution in [0.1, 0.15) is 12.5 Å². The van der Waals surface area contributed by atoms with Crippen LogP contribution in [0.5, 0.6) is 11.5 Å². The zero-order valence-electron chi connectivity index (χ0n) is 13.0. The largest absolute Gasteiger partial charge is 0.496 e. The molecule has 0 bridgehead atoms. The maximum absolute atomic E-state index is 12.4. The number of benzene rings is 2. The van der Waals surface area contributed by atoms with Crippen molar-refractivity contribution in [3.63, 3.8) is 0 Å². The first-order valence-electron chi connectivity index (χ1n) is 6.79. The molecule has 2 rings (SSSR count). The average molecular weight is 335 g/mol. The van der Waals surface area contributed by atoms with Crippen LogP contribution in [-0.2, 0) is 14.9 Å². The van der Waals surface area contributed by atoms with Gasteiger partial charge in [-0.2, -0.15) is 8.42 Å². The summed E-state index contributed by atoms with van der Waals surface area (Å²) in [5.41, 5.74) is 0.959. The Hall–Kier alpha value is -2.54. The van der Waals surface area contributed by atoms with Gasteiger partial charge in [-0.25, -0.2) is 0 Å². The Morgan fingerprint density at radius 3 is 2.39 bits per heavy atom. The Balaban J connectivity index is 2.35. The van der Waals surface area contributed by atoms with Gasteiger partial charge in [-0.05, 0) is 42.8 Å². The molecular weight excluding hydrogens is 318 g/mol. The van der Waals surface area contributed by atoms with Gasteiger partial charge < -0.3 is 14.2 Å². The van der Waals surface area contributed by atoms with E-state index in [-0.39, 0.29) is 22.2 Å². The van der Waals surface area contributed by atoms with Crippen LogP contribution in [0.2, 0.25) is 0 Å². The molecule has 0 aromatic heterocycles. The van der Waals surface area contributed by atoms with Crippen LogP contribution in [0.15, 0.2) is 47.4 Å². The van der Waals surface area contributed by atoms with Gasteiger partial charge in [0.1, 0.15) is 10.6 Å². The van der Waals surface area contributed by atoms with Gasteiger partial charge in [-0.1, -0.05) is 12.1 Å². The minimum Gasteiger partial charge on any atom is -0.496 e. The smallest absolute Gasteiger partial charge is 0.339 e. The number of ether oxygens (including phenoxy) is 1. The fraction of sp³-hybridized carbons (Fsp3) is 0.188. The van der Waals surface area contributed by atoms with E-state index in [0.29, 0.717) is 11.3 Å². The van der Waals surface area contributed by atoms with Crippen molar-refractivity contribution in [2.24, 2.45) is 0 Å². The van der Waals surface area contributed by atoms with Crippen LogP contribution in [-0.4, -0.2) is 21.4 Å². The van der Waals surface area contributed by atoms with Crippen molar-refractivity contribution in [3.8, 4) is 11.5 Å². The maximum atomic E-state index is 12.4. The topological polar surface area (TPSA) is 81.7 Å². The molecule has 0 radical (unpaired) electrons. The first-order chi connectivity index (χ1) is 10.8. The summed E-state index contributed by atoms with van der Waals surface area (Å²) >= 11 is 0. The van der Waals surface area contributed by atoms with Gasteiger partial charge in [-0.3, -0.25) is 4.79 Å². The van der Waals surface area contributed by atoms with E-state index in [0.717, 1.165) is 0 Å². The quantitative estimate of drug-likeness (QED) is 0.850. The highest BCUT2D eigenvalue weighted by atomic mass is 32.2. The molecule has 2 aromatic carbocycles. The number of amides is 1. The van der Waals surface area contributed by atoms with Crippen LogP contribution in [0, 0.1) is 6.92 Å². The Morgan fingerprint density at radius 1 is 1.09 bits per heavy atom. The van der Waals surface area contributed by atoms with E-state index in [1.54, 1.807) is 31.2 Å². The fourth-order valence-electron chi connectivity index (χ4n) is 2.00. The molecule has 122 valence electrons. The summed E-state index contributed by atoms with van der Waals surface area (Å²) in [6, 6.07) is 10.8. The first-order valence-corrected chi connectivity index (χ1v) is 8.20. The lowest BCUT2D eigenvalue weighted by molar-refractivity contribution is -0.114. The van der Waals surface area contributed by atoms with Crippen LogP contribution in [0.4, 0.5) is 5.69 Å². The zero-order valence-corrected chi connectivity index (χ0v) is 13.8. The van der Waals surface area contributed by atoms with Gasteiger partial charge in [0.2, 0.25) is 5.91 Å². The molecule has 0 saturated heterocycles. The summed E-state index contributed by atoms with van der Waals surface area (Å²) in [6.07, 6.45) is 0. The molecule has 0 spiro atoms. The van der Waals surface area contributed by atoms with Crippen molar-refractivity contribution in [3.05, 3.63) is 48.0 Å². The van der Waals surface area contributed by atoms with Crippen molar-refractivity contribution < 1.29 is 22.1 Å². The van der Waals surface area contributed by atoms with Gasteiger partial charge in [0.15, 0.2) is 5.75 Å². The van der Waals surface area contributed by atoms with Crippen molar-refractivity contribution in [2.75, 3.05) is 12.4 Å². The number of para-hydroxylation sites is 2. The standard InChI is InChI=1S/C16H17NO5S/c1-11-10-13(8-9-15(11)21-3)23(19,20)22-16-7-5-4-6-14(16)17-12(2)18/h4-10H,1-3H3,(H,17,18). The summed E-state index contributed by atoms with van der Waals surface area (Å²) in [5.74, 6) is 0.317. The second-order valence-corrected chi connectivity index (χ2v) is 6.39. The van der Waals surface area contributed by atoms with E-state index < -0.39 is 10.1 Å². The molecule has 0 aliphatic heterocycles. The molecule has 6 nitrogen and oxygen atoms in total. The second-order valence-electron chi connectivity index (χ2n) is 4.85. The van der Waals surface area contributed by atoms with Crippen molar-refractivity contribution in [2.45, 2.75) is 18.7 Å². The van der Waals surface area contributed by atoms with Crippen LogP contribution < -0.4 is 14.2 Å². The number of hydrogen-bond donors (Lipinski definition) is 1. The van der Waals surface area contributed by atoms with Crippen molar-refractivity contribution >= 4 is 21.7 Å². The molecular formula is C16H17NO5S. The Labute approximate surface area is 135 Å². The Morgan fingerprint density at radius 2 is 1.78 bits per heavy atom. The van der Waals surface area contributed by atoms with Gasteiger partial charge in [0, 0.05) is 6.92 Å². The number of aryl methyl sites for hydroxylation is 1. The zero-order chi connectivity index (χ0) is 17.0. The minimum atomic E-state index is -4.03. The number of methoxy groups -OCH3 is 1. The molecule has 0 heterocycles. The highest BCUT2D eigenvalue weighted by Crippen LogP contribution is 2.28. The Bertz CT molecular complexity index is 830. The molecule has 23 heavy (non-hydrogen) atoms. The lowest BCUT2D eigenvalue weighted by Crippen LogP contribution is -2.13. The highest BCUT2D eigenvalue weighted by molar-refractivity contribution is 7.87. The van der Waals surface area contributed by atoms with E-state index in [4.69, 9.17) is 8.92 Å². The Kier molecular flexibility index (Phi) is 4.90. The molecule has 0 fully saturated rings. The summed E-state index contributed by atoms with van der Waals surface area (Å²) in [4.78, 5) is 11.2. The van der Waals surface area contributed by atoms with Crippen molar-refractivity contribution in [1.29, 1.82) is 0 Å². The predicted octanol–water partition coefficient (Wildman–Crippen LogP) is 2.73. The number of rotatable bonds is 5. The fourth-order valence-corrected chi connectivity index (χ4v) is 3.04. The first kappa shape index (κ1) is 16.8. The van der Waals surface area contributed by atoms with Gasteiger partial charge >= 0.3 is 10.1 Å². The van der Waals surface area contributed by atoms with E-state index in [9.17, 15) is 13.2 Å². The van der Waals surface area contributed by atoms with E-state index in [1.165, 1.54) is 32.2 Å². The lowest BCUT2D eigenvalue weighted by atomic mass is 10.2. The van der Waals surface area contributed by atoms with Crippen LogP contribution in [0.25, 0.3) is 0 Å². The van der Waals surface area contributed by atoms with E-state index in [2.05, 4.69) is 5.32 Å². The third-order valence-corrected chi connectivity index (χ3v) is 4.28. The molecule has 0 atom stereocenters. The molecule has 1 amide bonds. The number of anilines is 1. The number of hydrogen-bond acceptors (Lipinski definition) is 5. The molecule has 0 aliphatic rings. The molecule has 0 unspecified atom stereocenters. The number of carbonyl (C=O) groups is 1. The second kappa shape index (κ2) is 6.70. The normalized spacial score (nSPS) is 10.9. The summed E-state index contributed by atoms with van der Waals surface area (Å²) in [7, 11) is -2.52. The third kappa shape index (κ3) is 4.01. The van der Waals surface area contributed by atoms with E-state index >= 15 is 0 Å². The average Bonchev–Trinajstić information content (AvgIpc) is 2.48. The predicted molar refractivity (Wildman–Crippen MR) is 86.3 cm³/mol. The summed E-state index contributed by atoms with van der Waals surface area (Å²) < 4.78 is 35.1. The SMILES string of the molecule is COc1ccc(S(=O)(=O)Oc2ccccc2NC(C)=O)cc1C. The maximum Gasteiger partial charge on any atom is 0.339 e. The summed E-state index contributed by atoms with van der Waals surface area (Å²) in [5, 5.41) is 2.53. The van der Waals surface area contributed by atoms with Crippen LogP contribution >= 0.6 is 0 Å². The van der Waals surface area contributed by atoms with Gasteiger partial charge in [0.25, 0.3) is 0 Å². The van der Waals surface area contributed by atoms with Crippen molar-refractivity contribution in [1.82, 2.24) is 0 Å². The highest BCUT2D eigenvalue weighted by Gasteiger charge is 2.19. The van der Waals surface area contributed by atoms with E-state index in [1.807, 2.05) is 0 Å². The van der Waals surface area contributed by atoms with Gasteiger partial charge in [0.05, 0.1) is 12.8 Å². The molecule has 0 saturated carbocycles. The molecule has 0 aliphatic carbocycles. The molecule has 1 N–H and O–H groups in total. The number of nitrogens with one attached hydrogen (secondary N) is 1. The van der Waals surface area contributed by atoms with Gasteiger partial charge in [-0.15, -0.1) is 0 Å². The summed E-state index contributed by atoms with van der Waals surface area (Å²) in [6.45, 7) is 3.07. The minimum absolute atomic E-state index is 0.00780. The third-order valence-electron chi connectivity index (χ3n) is 3.05. The molecule has 7 heteroatoms. The number of carbonyl (C=O) groups excluding carboxylic acids is 1. The lowest BCUT2D eigenvalue weighted by Gasteiger charge is -2.12. The van der Waals surface area contributed by atoms with Crippen LogP contribution in [0.3, 0.4) is 0 Å². The monoisotopic (exact) mass is 335 g/mol. The molecule has 2 aromatic rings.